The van der Waals surface area contributed by atoms with Crippen molar-refractivity contribution in [1.29, 1.82) is 0 Å². The Bertz CT molecular complexity index is 588. The van der Waals surface area contributed by atoms with Gasteiger partial charge in [-0.05, 0) is 50.2 Å². The van der Waals surface area contributed by atoms with Gasteiger partial charge in [0.15, 0.2) is 4.77 Å². The Balaban J connectivity index is 1.82. The number of aromatic nitrogens is 3. The number of hydrogen-bond donors (Lipinski definition) is 1. The number of nitrogens with one attached hydrogen (secondary N) is 1. The van der Waals surface area contributed by atoms with Gasteiger partial charge in [0.05, 0.1) is 6.61 Å². The van der Waals surface area contributed by atoms with Crippen LogP contribution in [-0.4, -0.2) is 21.4 Å². The van der Waals surface area contributed by atoms with Crippen LogP contribution < -0.4 is 4.74 Å². The summed E-state index contributed by atoms with van der Waals surface area (Å²) in [5.74, 6) is 1.93. The molecule has 102 valence electrons. The average Bonchev–Trinajstić information content (AvgIpc) is 2.75. The maximum atomic E-state index is 5.72. The molecular weight excluding hydrogens is 258 g/mol. The summed E-state index contributed by atoms with van der Waals surface area (Å²) in [6, 6.07) is 8.09. The molecule has 5 heteroatoms. The van der Waals surface area contributed by atoms with Crippen LogP contribution in [0.4, 0.5) is 0 Å². The van der Waals surface area contributed by atoms with E-state index in [1.54, 1.807) is 0 Å². The molecule has 0 saturated carbocycles. The molecule has 0 aliphatic rings. The third kappa shape index (κ3) is 3.67. The lowest BCUT2D eigenvalue weighted by Crippen LogP contribution is -2.05. The van der Waals surface area contributed by atoms with Crippen molar-refractivity contribution in [2.45, 2.75) is 33.2 Å². The molecule has 1 aromatic carbocycles. The Morgan fingerprint density at radius 1 is 1.42 bits per heavy atom. The quantitative estimate of drug-likeness (QED) is 0.651. The molecule has 0 aliphatic carbocycles. The van der Waals surface area contributed by atoms with E-state index in [1.165, 1.54) is 5.56 Å². The Labute approximate surface area is 118 Å². The van der Waals surface area contributed by atoms with Gasteiger partial charge in [0.2, 0.25) is 0 Å². The molecule has 0 radical (unpaired) electrons. The maximum Gasteiger partial charge on any atom is 0.195 e. The van der Waals surface area contributed by atoms with E-state index >= 15 is 0 Å². The molecule has 19 heavy (non-hydrogen) atoms. The SMILES string of the molecule is CCn1c(CCCOc2cccc(C)c2)n[nH]c1=S. The third-order valence-electron chi connectivity index (χ3n) is 2.96. The number of H-pyrrole nitrogens is 1. The molecule has 0 atom stereocenters. The van der Waals surface area contributed by atoms with Crippen molar-refractivity contribution in [3.8, 4) is 5.75 Å². The second-order valence-electron chi connectivity index (χ2n) is 4.46. The van der Waals surface area contributed by atoms with Crippen molar-refractivity contribution in [3.63, 3.8) is 0 Å². The van der Waals surface area contributed by atoms with E-state index in [0.717, 1.165) is 31.0 Å². The highest BCUT2D eigenvalue weighted by atomic mass is 32.1. The zero-order valence-corrected chi connectivity index (χ0v) is 12.2. The molecule has 2 rings (SSSR count). The predicted molar refractivity (Wildman–Crippen MR) is 78.1 cm³/mol. The minimum atomic E-state index is 0.687. The van der Waals surface area contributed by atoms with Gasteiger partial charge < -0.3 is 9.30 Å². The lowest BCUT2D eigenvalue weighted by molar-refractivity contribution is 0.309. The standard InChI is InChI=1S/C14H19N3OS/c1-3-17-13(15-16-14(17)19)8-5-9-18-12-7-4-6-11(2)10-12/h4,6-7,10H,3,5,8-9H2,1-2H3,(H,16,19). The largest absolute Gasteiger partial charge is 0.494 e. The van der Waals surface area contributed by atoms with Crippen molar-refractivity contribution in [1.82, 2.24) is 14.8 Å². The smallest absolute Gasteiger partial charge is 0.195 e. The highest BCUT2D eigenvalue weighted by molar-refractivity contribution is 7.71. The number of ether oxygens (including phenoxy) is 1. The van der Waals surface area contributed by atoms with Gasteiger partial charge in [-0.3, -0.25) is 5.10 Å². The third-order valence-corrected chi connectivity index (χ3v) is 3.27. The molecule has 0 bridgehead atoms. The fourth-order valence-corrected chi connectivity index (χ4v) is 2.27. The van der Waals surface area contributed by atoms with Crippen LogP contribution >= 0.6 is 12.2 Å². The summed E-state index contributed by atoms with van der Waals surface area (Å²) in [4.78, 5) is 0. The van der Waals surface area contributed by atoms with E-state index in [4.69, 9.17) is 17.0 Å². The monoisotopic (exact) mass is 277 g/mol. The molecular formula is C14H19N3OS. The van der Waals surface area contributed by atoms with Crippen LogP contribution in [0.1, 0.15) is 24.7 Å². The van der Waals surface area contributed by atoms with Gasteiger partial charge in [-0.15, -0.1) is 0 Å². The van der Waals surface area contributed by atoms with Crippen LogP contribution in [0.15, 0.2) is 24.3 Å². The number of aryl methyl sites for hydroxylation is 2. The molecule has 4 nitrogen and oxygen atoms in total. The summed E-state index contributed by atoms with van der Waals surface area (Å²) >= 11 is 5.16. The predicted octanol–water partition coefficient (Wildman–Crippen LogP) is 3.28. The molecule has 2 aromatic rings. The van der Waals surface area contributed by atoms with Crippen molar-refractivity contribution in [2.75, 3.05) is 6.61 Å². The van der Waals surface area contributed by atoms with Crippen LogP contribution in [0.3, 0.4) is 0 Å². The Hall–Kier alpha value is -1.62. The summed E-state index contributed by atoms with van der Waals surface area (Å²) in [6.45, 7) is 5.67. The summed E-state index contributed by atoms with van der Waals surface area (Å²) < 4.78 is 8.42. The van der Waals surface area contributed by atoms with Crippen molar-refractivity contribution >= 4 is 12.2 Å². The Morgan fingerprint density at radius 3 is 3.00 bits per heavy atom. The minimum Gasteiger partial charge on any atom is -0.494 e. The molecule has 1 heterocycles. The van der Waals surface area contributed by atoms with E-state index in [9.17, 15) is 0 Å². The van der Waals surface area contributed by atoms with E-state index in [1.807, 2.05) is 22.8 Å². The van der Waals surface area contributed by atoms with Gasteiger partial charge in [-0.1, -0.05) is 12.1 Å². The minimum absolute atomic E-state index is 0.687. The Kier molecular flexibility index (Phi) is 4.74. The van der Waals surface area contributed by atoms with Gasteiger partial charge in [0.25, 0.3) is 0 Å². The van der Waals surface area contributed by atoms with Crippen molar-refractivity contribution in [3.05, 3.63) is 40.4 Å². The molecule has 0 spiro atoms. The van der Waals surface area contributed by atoms with E-state index in [-0.39, 0.29) is 0 Å². The van der Waals surface area contributed by atoms with Crippen molar-refractivity contribution in [2.24, 2.45) is 0 Å². The van der Waals surface area contributed by atoms with Crippen LogP contribution in [0.25, 0.3) is 0 Å². The maximum absolute atomic E-state index is 5.72. The first-order chi connectivity index (χ1) is 9.20. The first-order valence-electron chi connectivity index (χ1n) is 6.54. The average molecular weight is 277 g/mol. The zero-order valence-electron chi connectivity index (χ0n) is 11.3. The highest BCUT2D eigenvalue weighted by Crippen LogP contribution is 2.12. The molecule has 0 aliphatic heterocycles. The highest BCUT2D eigenvalue weighted by Gasteiger charge is 2.04. The fourth-order valence-electron chi connectivity index (χ4n) is 1.99. The van der Waals surface area contributed by atoms with E-state index in [2.05, 4.69) is 30.1 Å². The second kappa shape index (κ2) is 6.52. The molecule has 0 saturated heterocycles. The normalized spacial score (nSPS) is 10.6. The van der Waals surface area contributed by atoms with Gasteiger partial charge >= 0.3 is 0 Å². The first-order valence-corrected chi connectivity index (χ1v) is 6.95. The second-order valence-corrected chi connectivity index (χ2v) is 4.84. The van der Waals surface area contributed by atoms with E-state index in [0.29, 0.717) is 11.4 Å². The molecule has 0 fully saturated rings. The van der Waals surface area contributed by atoms with Crippen LogP contribution in [0.2, 0.25) is 0 Å². The first kappa shape index (κ1) is 13.8. The van der Waals surface area contributed by atoms with Crippen LogP contribution in [-0.2, 0) is 13.0 Å². The topological polar surface area (TPSA) is 42.8 Å². The zero-order chi connectivity index (χ0) is 13.7. The lowest BCUT2D eigenvalue weighted by atomic mass is 10.2. The lowest BCUT2D eigenvalue weighted by Gasteiger charge is -2.07. The number of nitrogens with zero attached hydrogens (tertiary/aromatic N) is 2. The molecule has 1 N–H and O–H groups in total. The number of aromatic amines is 1. The van der Waals surface area contributed by atoms with Gasteiger partial charge in [0, 0.05) is 13.0 Å². The van der Waals surface area contributed by atoms with E-state index < -0.39 is 0 Å². The summed E-state index contributed by atoms with van der Waals surface area (Å²) in [5, 5.41) is 7.06. The number of benzene rings is 1. The fraction of sp³-hybridized carbons (Fsp3) is 0.429. The van der Waals surface area contributed by atoms with Gasteiger partial charge in [-0.25, -0.2) is 0 Å². The number of rotatable bonds is 6. The van der Waals surface area contributed by atoms with Gasteiger partial charge in [0.1, 0.15) is 11.6 Å². The molecule has 0 unspecified atom stereocenters. The Morgan fingerprint density at radius 2 is 2.26 bits per heavy atom. The van der Waals surface area contributed by atoms with Crippen molar-refractivity contribution < 1.29 is 4.74 Å². The van der Waals surface area contributed by atoms with Crippen LogP contribution in [0, 0.1) is 11.7 Å². The number of hydrogen-bond acceptors (Lipinski definition) is 3. The molecule has 0 amide bonds. The molecule has 1 aromatic heterocycles. The summed E-state index contributed by atoms with van der Waals surface area (Å²) in [7, 11) is 0. The van der Waals surface area contributed by atoms with Gasteiger partial charge in [-0.2, -0.15) is 5.10 Å². The van der Waals surface area contributed by atoms with Crippen LogP contribution in [0.5, 0.6) is 5.75 Å². The summed E-state index contributed by atoms with van der Waals surface area (Å²) in [5.41, 5.74) is 1.21. The summed E-state index contributed by atoms with van der Waals surface area (Å²) in [6.07, 6.45) is 1.79.